The van der Waals surface area contributed by atoms with Gasteiger partial charge in [-0.05, 0) is 81.0 Å². The summed E-state index contributed by atoms with van der Waals surface area (Å²) in [6.45, 7) is 12.2. The number of terminal acetylenes is 1. The summed E-state index contributed by atoms with van der Waals surface area (Å²) in [7, 11) is 0.758. The average Bonchev–Trinajstić information content (AvgIpc) is 2.72. The fourth-order valence-corrected chi connectivity index (χ4v) is 5.85. The maximum atomic E-state index is 13.4. The van der Waals surface area contributed by atoms with Crippen molar-refractivity contribution in [1.29, 1.82) is 0 Å². The van der Waals surface area contributed by atoms with Crippen LogP contribution in [0.1, 0.15) is 57.6 Å². The van der Waals surface area contributed by atoms with Crippen LogP contribution in [0.5, 0.6) is 0 Å². The van der Waals surface area contributed by atoms with Crippen molar-refractivity contribution in [3.63, 3.8) is 0 Å². The fraction of sp³-hybridized carbons (Fsp3) is 0.296. The molecule has 0 aliphatic rings. The molecule has 0 aromatic heterocycles. The van der Waals surface area contributed by atoms with Crippen LogP contribution in [0.25, 0.3) is 0 Å². The Hall–Kier alpha value is -2.56. The number of allylic oxidation sites excluding steroid dienone is 4. The monoisotopic (exact) mass is 430 g/mol. The maximum absolute atomic E-state index is 13.4. The molecule has 2 aromatic carbocycles. The molecule has 0 fully saturated rings. The average molecular weight is 430 g/mol. The van der Waals surface area contributed by atoms with Crippen molar-refractivity contribution in [3.8, 4) is 12.3 Å². The van der Waals surface area contributed by atoms with Gasteiger partial charge in [0.25, 0.3) is 0 Å². The van der Waals surface area contributed by atoms with Crippen LogP contribution in [-0.4, -0.2) is 13.8 Å². The number of hydrogen-bond acceptors (Lipinski definition) is 2. The molecule has 0 spiro atoms. The smallest absolute Gasteiger partial charge is 0.341 e. The van der Waals surface area contributed by atoms with Gasteiger partial charge in [-0.2, -0.15) is 0 Å². The second-order valence-electron chi connectivity index (χ2n) is 7.78. The third-order valence-corrected chi connectivity index (χ3v) is 7.76. The van der Waals surface area contributed by atoms with E-state index >= 15 is 0 Å². The largest absolute Gasteiger partial charge is 0.431 e. The minimum absolute atomic E-state index is 0.282. The van der Waals surface area contributed by atoms with Gasteiger partial charge < -0.3 is 4.52 Å². The Morgan fingerprint density at radius 1 is 1.06 bits per heavy atom. The van der Waals surface area contributed by atoms with E-state index in [1.807, 2.05) is 32.9 Å². The molecule has 1 unspecified atom stereocenters. The molecule has 1 atom stereocenters. The molecule has 31 heavy (non-hydrogen) atoms. The van der Waals surface area contributed by atoms with E-state index < -0.39 is 8.15 Å². The zero-order valence-electron chi connectivity index (χ0n) is 19.8. The molecule has 0 bridgehead atoms. The predicted octanol–water partition coefficient (Wildman–Crippen LogP) is 5.59. The van der Waals surface area contributed by atoms with Crippen LogP contribution >= 0.6 is 8.15 Å². The van der Waals surface area contributed by atoms with Gasteiger partial charge in [-0.1, -0.05) is 55.1 Å². The number of carbonyl (C=O) groups excluding carboxylic acids is 1. The third-order valence-electron chi connectivity index (χ3n) is 5.42. The summed E-state index contributed by atoms with van der Waals surface area (Å²) in [5.74, 6) is 2.27. The van der Waals surface area contributed by atoms with Gasteiger partial charge in [0, 0.05) is 10.6 Å². The Labute approximate surface area is 190 Å². The Morgan fingerprint density at radius 2 is 1.61 bits per heavy atom. The van der Waals surface area contributed by atoms with E-state index in [4.69, 9.17) is 10.9 Å². The number of rotatable bonds is 7. The van der Waals surface area contributed by atoms with Crippen molar-refractivity contribution in [2.75, 3.05) is 0 Å². The van der Waals surface area contributed by atoms with E-state index in [9.17, 15) is 4.79 Å². The first-order valence-electron chi connectivity index (χ1n) is 10.8. The molecular formula is C27H32BO2P. The summed E-state index contributed by atoms with van der Waals surface area (Å²) < 4.78 is 6.28. The Kier molecular flexibility index (Phi) is 8.91. The van der Waals surface area contributed by atoms with Gasteiger partial charge in [0.1, 0.15) is 7.85 Å². The molecule has 0 saturated carbocycles. The highest BCUT2D eigenvalue weighted by molar-refractivity contribution is 7.66. The molecule has 2 nitrogen and oxygen atoms in total. The van der Waals surface area contributed by atoms with Gasteiger partial charge in [0.05, 0.1) is 5.56 Å². The molecule has 0 saturated heterocycles. The summed E-state index contributed by atoms with van der Waals surface area (Å²) in [6.07, 6.45) is 12.9. The highest BCUT2D eigenvalue weighted by atomic mass is 31.1. The Morgan fingerprint density at radius 3 is 2.06 bits per heavy atom. The highest BCUT2D eigenvalue weighted by Crippen LogP contribution is 2.48. The van der Waals surface area contributed by atoms with Crippen molar-refractivity contribution in [2.24, 2.45) is 0 Å². The zero-order chi connectivity index (χ0) is 23.1. The zero-order valence-corrected chi connectivity index (χ0v) is 20.7. The van der Waals surface area contributed by atoms with Crippen molar-refractivity contribution in [1.82, 2.24) is 0 Å². The molecule has 0 amide bonds. The van der Waals surface area contributed by atoms with Crippen molar-refractivity contribution in [3.05, 3.63) is 86.8 Å². The SMILES string of the molecule is BCc1cc(C)c(C(=O)OP(C(/C=C\C#C)=C/C)c2c(C)cc(CC)cc2C)c(C)c1. The molecule has 0 heterocycles. The van der Waals surface area contributed by atoms with Crippen LogP contribution in [0.2, 0.25) is 0 Å². The lowest BCUT2D eigenvalue weighted by atomic mass is 9.91. The Bertz CT molecular complexity index is 1030. The molecule has 0 aliphatic heterocycles. The van der Waals surface area contributed by atoms with Crippen LogP contribution < -0.4 is 5.30 Å². The molecule has 0 aliphatic carbocycles. The number of benzene rings is 2. The predicted molar refractivity (Wildman–Crippen MR) is 137 cm³/mol. The van der Waals surface area contributed by atoms with Crippen LogP contribution in [0.15, 0.2) is 47.8 Å². The molecule has 2 aromatic rings. The standard InChI is InChI=1S/C27H32BO2P/c1-8-11-12-24(10-3)31(26-20(6)15-22(9-2)16-21(26)7)30-27(29)25-18(4)13-23(17-28)14-19(25)5/h1,10-16H,9,17,28H2,2-7H3/b12-11-,24-10+. The summed E-state index contributed by atoms with van der Waals surface area (Å²) in [6, 6.07) is 8.53. The number of aryl methyl sites for hydroxylation is 5. The molecule has 160 valence electrons. The molecule has 2 rings (SSSR count). The van der Waals surface area contributed by atoms with Crippen molar-refractivity contribution >= 4 is 27.3 Å². The van der Waals surface area contributed by atoms with Gasteiger partial charge in [-0.25, -0.2) is 4.79 Å². The normalized spacial score (nSPS) is 12.6. The van der Waals surface area contributed by atoms with Crippen LogP contribution in [0, 0.1) is 40.0 Å². The van der Waals surface area contributed by atoms with Crippen LogP contribution in [-0.2, 0) is 17.3 Å². The summed E-state index contributed by atoms with van der Waals surface area (Å²) >= 11 is 0. The molecule has 0 N–H and O–H groups in total. The topological polar surface area (TPSA) is 26.3 Å². The van der Waals surface area contributed by atoms with E-state index in [0.717, 1.165) is 45.6 Å². The lowest BCUT2D eigenvalue weighted by molar-refractivity contribution is 0.0757. The first kappa shape index (κ1) is 24.7. The lowest BCUT2D eigenvalue weighted by Crippen LogP contribution is -2.17. The van der Waals surface area contributed by atoms with E-state index in [-0.39, 0.29) is 5.97 Å². The Balaban J connectivity index is 2.60. The lowest BCUT2D eigenvalue weighted by Gasteiger charge is -2.24. The summed E-state index contributed by atoms with van der Waals surface area (Å²) in [5.41, 5.74) is 7.34. The fourth-order valence-electron chi connectivity index (χ4n) is 3.92. The van der Waals surface area contributed by atoms with Gasteiger partial charge in [-0.15, -0.1) is 6.42 Å². The quantitative estimate of drug-likeness (QED) is 0.248. The molecule has 0 radical (unpaired) electrons. The van der Waals surface area contributed by atoms with Gasteiger partial charge in [-0.3, -0.25) is 0 Å². The van der Waals surface area contributed by atoms with Gasteiger partial charge in [0.15, 0.2) is 8.15 Å². The van der Waals surface area contributed by atoms with E-state index in [0.29, 0.717) is 5.56 Å². The van der Waals surface area contributed by atoms with E-state index in [1.165, 1.54) is 11.1 Å². The van der Waals surface area contributed by atoms with Gasteiger partial charge >= 0.3 is 5.97 Å². The minimum Gasteiger partial charge on any atom is -0.431 e. The van der Waals surface area contributed by atoms with E-state index in [2.05, 4.69) is 58.8 Å². The number of carbonyl (C=O) groups is 1. The minimum atomic E-state index is -1.36. The van der Waals surface area contributed by atoms with Crippen molar-refractivity contribution < 1.29 is 9.32 Å². The number of hydrogen-bond donors (Lipinski definition) is 0. The molecular weight excluding hydrogens is 398 g/mol. The first-order chi connectivity index (χ1) is 14.8. The van der Waals surface area contributed by atoms with Crippen molar-refractivity contribution in [2.45, 2.75) is 54.3 Å². The molecule has 4 heteroatoms. The maximum Gasteiger partial charge on any atom is 0.341 e. The van der Waals surface area contributed by atoms with E-state index in [1.54, 1.807) is 6.08 Å². The van der Waals surface area contributed by atoms with Crippen LogP contribution in [0.4, 0.5) is 0 Å². The summed E-state index contributed by atoms with van der Waals surface area (Å²) in [5, 5.41) is 2.01. The second kappa shape index (κ2) is 11.2. The highest BCUT2D eigenvalue weighted by Gasteiger charge is 2.26. The third kappa shape index (κ3) is 5.78. The second-order valence-corrected chi connectivity index (χ2v) is 9.51. The van der Waals surface area contributed by atoms with Gasteiger partial charge in [0.2, 0.25) is 0 Å². The first-order valence-corrected chi connectivity index (χ1v) is 12.0. The summed E-state index contributed by atoms with van der Waals surface area (Å²) in [4.78, 5) is 13.4. The van der Waals surface area contributed by atoms with Crippen LogP contribution in [0.3, 0.4) is 0 Å².